The maximum absolute atomic E-state index is 9.93. The Bertz CT molecular complexity index is 194. The fourth-order valence-electron chi connectivity index (χ4n) is 2.48. The molecule has 1 fully saturated rings. The fourth-order valence-corrected chi connectivity index (χ4v) is 2.48. The van der Waals surface area contributed by atoms with Gasteiger partial charge < -0.3 is 15.7 Å². The third-order valence-corrected chi connectivity index (χ3v) is 3.85. The second kappa shape index (κ2) is 6.58. The molecule has 2 unspecified atom stereocenters. The Balaban J connectivity index is 2.42. The molecule has 96 valence electrons. The highest BCUT2D eigenvalue weighted by molar-refractivity contribution is 4.79. The summed E-state index contributed by atoms with van der Waals surface area (Å²) in [4.78, 5) is 2.55. The molecule has 0 amide bonds. The van der Waals surface area contributed by atoms with E-state index in [1.165, 1.54) is 38.6 Å². The van der Waals surface area contributed by atoms with Crippen molar-refractivity contribution in [2.75, 3.05) is 19.6 Å². The quantitative estimate of drug-likeness (QED) is 0.753. The molecule has 0 radical (unpaired) electrons. The van der Waals surface area contributed by atoms with E-state index in [4.69, 9.17) is 5.73 Å². The maximum atomic E-state index is 9.93. The molecule has 3 nitrogen and oxygen atoms in total. The number of hydrogen-bond acceptors (Lipinski definition) is 3. The second-order valence-electron chi connectivity index (χ2n) is 5.40. The van der Waals surface area contributed by atoms with Gasteiger partial charge in [0.1, 0.15) is 0 Å². The van der Waals surface area contributed by atoms with E-state index >= 15 is 0 Å². The van der Waals surface area contributed by atoms with Crippen LogP contribution in [0.5, 0.6) is 0 Å². The SMILES string of the molecule is CCC1CCCCCN1CCC(C)(O)CN. The molecule has 0 aromatic rings. The van der Waals surface area contributed by atoms with Crippen LogP contribution in [0.4, 0.5) is 0 Å². The van der Waals surface area contributed by atoms with Crippen LogP contribution in [0.3, 0.4) is 0 Å². The molecular formula is C13H28N2O. The summed E-state index contributed by atoms with van der Waals surface area (Å²) in [6.45, 7) is 6.65. The fraction of sp³-hybridized carbons (Fsp3) is 1.00. The molecule has 1 aliphatic rings. The van der Waals surface area contributed by atoms with Gasteiger partial charge in [-0.05, 0) is 39.2 Å². The molecule has 2 atom stereocenters. The van der Waals surface area contributed by atoms with Crippen LogP contribution in [0, 0.1) is 0 Å². The van der Waals surface area contributed by atoms with Crippen LogP contribution in [-0.2, 0) is 0 Å². The van der Waals surface area contributed by atoms with Crippen LogP contribution in [0.25, 0.3) is 0 Å². The number of nitrogens with two attached hydrogens (primary N) is 1. The van der Waals surface area contributed by atoms with Crippen molar-refractivity contribution in [3.05, 3.63) is 0 Å². The van der Waals surface area contributed by atoms with Crippen molar-refractivity contribution < 1.29 is 5.11 Å². The average molecular weight is 228 g/mol. The van der Waals surface area contributed by atoms with E-state index < -0.39 is 5.60 Å². The molecule has 0 spiro atoms. The highest BCUT2D eigenvalue weighted by Crippen LogP contribution is 2.20. The Morgan fingerprint density at radius 2 is 2.12 bits per heavy atom. The van der Waals surface area contributed by atoms with E-state index in [2.05, 4.69) is 11.8 Å². The van der Waals surface area contributed by atoms with Gasteiger partial charge in [0, 0.05) is 19.1 Å². The number of aliphatic hydroxyl groups is 1. The Labute approximate surface area is 100 Å². The first kappa shape index (κ1) is 13.9. The van der Waals surface area contributed by atoms with Crippen molar-refractivity contribution in [2.24, 2.45) is 5.73 Å². The molecule has 1 saturated heterocycles. The lowest BCUT2D eigenvalue weighted by molar-refractivity contribution is 0.0414. The van der Waals surface area contributed by atoms with Gasteiger partial charge in [0.25, 0.3) is 0 Å². The Hall–Kier alpha value is -0.120. The molecular weight excluding hydrogens is 200 g/mol. The minimum Gasteiger partial charge on any atom is -0.389 e. The van der Waals surface area contributed by atoms with Crippen molar-refractivity contribution in [3.63, 3.8) is 0 Å². The molecule has 3 heteroatoms. The third kappa shape index (κ3) is 4.40. The van der Waals surface area contributed by atoms with E-state index in [-0.39, 0.29) is 0 Å². The molecule has 0 aromatic carbocycles. The smallest absolute Gasteiger partial charge is 0.0753 e. The molecule has 16 heavy (non-hydrogen) atoms. The summed E-state index contributed by atoms with van der Waals surface area (Å²) < 4.78 is 0. The minimum absolute atomic E-state index is 0.359. The van der Waals surface area contributed by atoms with Gasteiger partial charge in [0.2, 0.25) is 0 Å². The molecule has 1 rings (SSSR count). The van der Waals surface area contributed by atoms with Crippen LogP contribution in [-0.4, -0.2) is 41.3 Å². The number of hydrogen-bond donors (Lipinski definition) is 2. The van der Waals surface area contributed by atoms with Gasteiger partial charge in [-0.1, -0.05) is 19.8 Å². The van der Waals surface area contributed by atoms with Gasteiger partial charge >= 0.3 is 0 Å². The standard InChI is InChI=1S/C13H28N2O/c1-3-12-7-5-4-6-9-15(12)10-8-13(2,16)11-14/h12,16H,3-11,14H2,1-2H3. The van der Waals surface area contributed by atoms with E-state index in [9.17, 15) is 5.11 Å². The molecule has 0 bridgehead atoms. The summed E-state index contributed by atoms with van der Waals surface area (Å²) in [5.74, 6) is 0. The highest BCUT2D eigenvalue weighted by Gasteiger charge is 2.23. The normalized spacial score (nSPS) is 27.4. The molecule has 1 heterocycles. The van der Waals surface area contributed by atoms with E-state index in [1.54, 1.807) is 0 Å². The van der Waals surface area contributed by atoms with E-state index in [0.717, 1.165) is 19.0 Å². The van der Waals surface area contributed by atoms with Crippen LogP contribution in [0.2, 0.25) is 0 Å². The maximum Gasteiger partial charge on any atom is 0.0753 e. The molecule has 0 saturated carbocycles. The van der Waals surface area contributed by atoms with Crippen molar-refractivity contribution in [3.8, 4) is 0 Å². The first-order valence-corrected chi connectivity index (χ1v) is 6.75. The minimum atomic E-state index is -0.690. The first-order chi connectivity index (χ1) is 7.59. The summed E-state index contributed by atoms with van der Waals surface area (Å²) in [7, 11) is 0. The predicted octanol–water partition coefficient (Wildman–Crippen LogP) is 1.74. The zero-order chi connectivity index (χ0) is 12.0. The Morgan fingerprint density at radius 1 is 1.38 bits per heavy atom. The monoisotopic (exact) mass is 228 g/mol. The lowest BCUT2D eigenvalue weighted by Crippen LogP contribution is -2.41. The number of likely N-dealkylation sites (tertiary alicyclic amines) is 1. The molecule has 0 aliphatic carbocycles. The Morgan fingerprint density at radius 3 is 2.75 bits per heavy atom. The zero-order valence-corrected chi connectivity index (χ0v) is 10.9. The van der Waals surface area contributed by atoms with Gasteiger partial charge in [0.15, 0.2) is 0 Å². The van der Waals surface area contributed by atoms with Crippen molar-refractivity contribution in [1.29, 1.82) is 0 Å². The van der Waals surface area contributed by atoms with Gasteiger partial charge in [-0.15, -0.1) is 0 Å². The third-order valence-electron chi connectivity index (χ3n) is 3.85. The van der Waals surface area contributed by atoms with Crippen LogP contribution in [0.1, 0.15) is 52.4 Å². The van der Waals surface area contributed by atoms with Crippen LogP contribution >= 0.6 is 0 Å². The van der Waals surface area contributed by atoms with Crippen LogP contribution in [0.15, 0.2) is 0 Å². The average Bonchev–Trinajstić information content (AvgIpc) is 2.51. The van der Waals surface area contributed by atoms with Crippen molar-refractivity contribution in [1.82, 2.24) is 4.90 Å². The summed E-state index contributed by atoms with van der Waals surface area (Å²) >= 11 is 0. The van der Waals surface area contributed by atoms with Crippen molar-refractivity contribution >= 4 is 0 Å². The summed E-state index contributed by atoms with van der Waals surface area (Å²) in [5.41, 5.74) is 4.86. The summed E-state index contributed by atoms with van der Waals surface area (Å²) in [6, 6.07) is 0.719. The molecule has 1 aliphatic heterocycles. The van der Waals surface area contributed by atoms with Gasteiger partial charge in [0.05, 0.1) is 5.60 Å². The van der Waals surface area contributed by atoms with Gasteiger partial charge in [-0.2, -0.15) is 0 Å². The van der Waals surface area contributed by atoms with Crippen molar-refractivity contribution in [2.45, 2.75) is 64.0 Å². The molecule has 3 N–H and O–H groups in total. The van der Waals surface area contributed by atoms with Gasteiger partial charge in [-0.3, -0.25) is 0 Å². The zero-order valence-electron chi connectivity index (χ0n) is 10.9. The molecule has 0 aromatic heterocycles. The lowest BCUT2D eigenvalue weighted by atomic mass is 10.0. The van der Waals surface area contributed by atoms with E-state index in [1.807, 2.05) is 6.92 Å². The predicted molar refractivity (Wildman–Crippen MR) is 68.4 cm³/mol. The topological polar surface area (TPSA) is 49.5 Å². The Kier molecular flexibility index (Phi) is 5.73. The second-order valence-corrected chi connectivity index (χ2v) is 5.40. The summed E-state index contributed by atoms with van der Waals surface area (Å²) in [5, 5.41) is 9.93. The first-order valence-electron chi connectivity index (χ1n) is 6.75. The lowest BCUT2D eigenvalue weighted by Gasteiger charge is -2.32. The van der Waals surface area contributed by atoms with Crippen LogP contribution < -0.4 is 5.73 Å². The van der Waals surface area contributed by atoms with E-state index in [0.29, 0.717) is 6.54 Å². The summed E-state index contributed by atoms with van der Waals surface area (Å²) in [6.07, 6.45) is 7.37. The van der Waals surface area contributed by atoms with Gasteiger partial charge in [-0.25, -0.2) is 0 Å². The number of nitrogens with zero attached hydrogens (tertiary/aromatic N) is 1. The highest BCUT2D eigenvalue weighted by atomic mass is 16.3. The largest absolute Gasteiger partial charge is 0.389 e. The number of rotatable bonds is 5.